The number of para-hydroxylation sites is 1. The molecule has 4 nitrogen and oxygen atoms in total. The average Bonchev–Trinajstić information content (AvgIpc) is 3.06. The summed E-state index contributed by atoms with van der Waals surface area (Å²) in [6.45, 7) is 0. The van der Waals surface area contributed by atoms with Crippen molar-refractivity contribution < 1.29 is 5.11 Å². The number of hydrogen-bond donors (Lipinski definition) is 3. The summed E-state index contributed by atoms with van der Waals surface area (Å²) in [6.07, 6.45) is 3.88. The van der Waals surface area contributed by atoms with E-state index in [9.17, 15) is 5.11 Å². The first kappa shape index (κ1) is 11.3. The Morgan fingerprint density at radius 2 is 2.20 bits per heavy atom. The third-order valence-corrected chi connectivity index (χ3v) is 4.01. The highest BCUT2D eigenvalue weighted by Crippen LogP contribution is 2.36. The van der Waals surface area contributed by atoms with Gasteiger partial charge in [-0.1, -0.05) is 18.2 Å². The van der Waals surface area contributed by atoms with E-state index in [1.54, 1.807) is 6.07 Å². The van der Waals surface area contributed by atoms with Crippen molar-refractivity contribution in [2.24, 2.45) is 0 Å². The second-order valence-electron chi connectivity index (χ2n) is 5.26. The van der Waals surface area contributed by atoms with Crippen molar-refractivity contribution in [1.82, 2.24) is 10.2 Å². The second-order valence-corrected chi connectivity index (χ2v) is 5.26. The lowest BCUT2D eigenvalue weighted by molar-refractivity contribution is 0.474. The molecule has 1 heterocycles. The van der Waals surface area contributed by atoms with Crippen LogP contribution in [0.2, 0.25) is 0 Å². The van der Waals surface area contributed by atoms with Gasteiger partial charge in [0.25, 0.3) is 0 Å². The minimum Gasteiger partial charge on any atom is -0.508 e. The Kier molecular flexibility index (Phi) is 2.42. The van der Waals surface area contributed by atoms with Crippen LogP contribution in [0.3, 0.4) is 0 Å². The van der Waals surface area contributed by atoms with Crippen molar-refractivity contribution in [3.63, 3.8) is 0 Å². The lowest BCUT2D eigenvalue weighted by atomic mass is 10.1. The number of aryl methyl sites for hydroxylation is 1. The van der Waals surface area contributed by atoms with Gasteiger partial charge in [-0.3, -0.25) is 5.10 Å². The summed E-state index contributed by atoms with van der Waals surface area (Å²) in [4.78, 5) is 0. The zero-order valence-corrected chi connectivity index (χ0v) is 10.9. The van der Waals surface area contributed by atoms with Crippen LogP contribution in [0.1, 0.15) is 23.6 Å². The molecule has 0 saturated heterocycles. The smallest absolute Gasteiger partial charge is 0.115 e. The van der Waals surface area contributed by atoms with E-state index < -0.39 is 0 Å². The van der Waals surface area contributed by atoms with Crippen LogP contribution in [0, 0.1) is 0 Å². The highest BCUT2D eigenvalue weighted by Gasteiger charge is 2.23. The van der Waals surface area contributed by atoms with E-state index in [1.165, 1.54) is 11.1 Å². The molecule has 3 aromatic rings. The number of aromatic amines is 1. The molecule has 0 spiro atoms. The fraction of sp³-hybridized carbons (Fsp3) is 0.188. The predicted molar refractivity (Wildman–Crippen MR) is 78.9 cm³/mol. The van der Waals surface area contributed by atoms with E-state index in [2.05, 4.69) is 21.6 Å². The molecule has 4 heteroatoms. The predicted octanol–water partition coefficient (Wildman–Crippen LogP) is 3.37. The van der Waals surface area contributed by atoms with Crippen molar-refractivity contribution in [3.05, 3.63) is 53.7 Å². The summed E-state index contributed by atoms with van der Waals surface area (Å²) in [5.41, 5.74) is 4.63. The van der Waals surface area contributed by atoms with Crippen LogP contribution < -0.4 is 5.32 Å². The van der Waals surface area contributed by atoms with Gasteiger partial charge in [0.1, 0.15) is 5.75 Å². The molecular formula is C16H15N3O. The van der Waals surface area contributed by atoms with Crippen LogP contribution in [0.15, 0.2) is 42.6 Å². The molecule has 4 rings (SSSR count). The normalized spacial score (nSPS) is 17.3. The molecule has 0 radical (unpaired) electrons. The number of rotatable bonds is 2. The van der Waals surface area contributed by atoms with Crippen LogP contribution in [0.25, 0.3) is 10.9 Å². The molecule has 0 aliphatic heterocycles. The Balaban J connectivity index is 1.70. The molecule has 3 N–H and O–H groups in total. The minimum atomic E-state index is 0.291. The SMILES string of the molecule is Oc1ccc2c(c1)CCC2Nc1cccc2cn[nH]c12. The first-order valence-electron chi connectivity index (χ1n) is 6.82. The largest absolute Gasteiger partial charge is 0.508 e. The number of H-pyrrole nitrogens is 1. The van der Waals surface area contributed by atoms with Gasteiger partial charge in [-0.15, -0.1) is 0 Å². The van der Waals surface area contributed by atoms with Gasteiger partial charge in [0, 0.05) is 5.39 Å². The molecule has 1 aromatic heterocycles. The van der Waals surface area contributed by atoms with Gasteiger partial charge in [-0.25, -0.2) is 0 Å². The van der Waals surface area contributed by atoms with Gasteiger partial charge in [-0.2, -0.15) is 5.10 Å². The van der Waals surface area contributed by atoms with Crippen LogP contribution in [0.4, 0.5) is 5.69 Å². The molecule has 0 amide bonds. The number of aromatic hydroxyl groups is 1. The average molecular weight is 265 g/mol. The molecule has 0 saturated carbocycles. The van der Waals surface area contributed by atoms with E-state index in [4.69, 9.17) is 0 Å². The number of benzene rings is 2. The number of nitrogens with zero attached hydrogens (tertiary/aromatic N) is 1. The summed E-state index contributed by atoms with van der Waals surface area (Å²) in [5, 5.41) is 21.4. The molecule has 0 fully saturated rings. The maximum atomic E-state index is 9.55. The molecule has 20 heavy (non-hydrogen) atoms. The number of hydrogen-bond acceptors (Lipinski definition) is 3. The molecular weight excluding hydrogens is 250 g/mol. The molecule has 1 atom stereocenters. The van der Waals surface area contributed by atoms with Gasteiger partial charge in [0.05, 0.1) is 23.4 Å². The Morgan fingerprint density at radius 3 is 3.15 bits per heavy atom. The van der Waals surface area contributed by atoms with Crippen molar-refractivity contribution in [2.75, 3.05) is 5.32 Å². The number of anilines is 1. The Bertz CT molecular complexity index is 778. The maximum absolute atomic E-state index is 9.55. The standard InChI is InChI=1S/C16H15N3O/c20-12-5-6-13-10(8-12)4-7-14(13)18-15-3-1-2-11-9-17-19-16(11)15/h1-3,5-6,8-9,14,18,20H,4,7H2,(H,17,19). The van der Waals surface area contributed by atoms with Crippen LogP contribution in [-0.4, -0.2) is 15.3 Å². The van der Waals surface area contributed by atoms with Crippen molar-refractivity contribution in [1.29, 1.82) is 0 Å². The first-order chi connectivity index (χ1) is 9.81. The molecule has 1 aliphatic carbocycles. The van der Waals surface area contributed by atoms with Crippen molar-refractivity contribution in [3.8, 4) is 5.75 Å². The molecule has 1 aliphatic rings. The topological polar surface area (TPSA) is 60.9 Å². The lowest BCUT2D eigenvalue weighted by Crippen LogP contribution is -2.07. The third kappa shape index (κ3) is 1.72. The summed E-state index contributed by atoms with van der Waals surface area (Å²) < 4.78 is 0. The summed E-state index contributed by atoms with van der Waals surface area (Å²) in [5.74, 6) is 0.347. The summed E-state index contributed by atoms with van der Waals surface area (Å²) in [6, 6.07) is 12.1. The van der Waals surface area contributed by atoms with Crippen LogP contribution in [0.5, 0.6) is 5.75 Å². The second kappa shape index (κ2) is 4.27. The Morgan fingerprint density at radius 1 is 1.25 bits per heavy atom. The highest BCUT2D eigenvalue weighted by atomic mass is 16.3. The fourth-order valence-corrected chi connectivity index (χ4v) is 3.03. The van der Waals surface area contributed by atoms with Gasteiger partial charge in [-0.05, 0) is 42.2 Å². The molecule has 100 valence electrons. The third-order valence-electron chi connectivity index (χ3n) is 4.01. The van der Waals surface area contributed by atoms with E-state index in [-0.39, 0.29) is 0 Å². The van der Waals surface area contributed by atoms with Crippen LogP contribution >= 0.6 is 0 Å². The van der Waals surface area contributed by atoms with E-state index in [1.807, 2.05) is 30.5 Å². The quantitative estimate of drug-likeness (QED) is 0.665. The lowest BCUT2D eigenvalue weighted by Gasteiger charge is -2.16. The fourth-order valence-electron chi connectivity index (χ4n) is 3.03. The molecule has 0 bridgehead atoms. The minimum absolute atomic E-state index is 0.291. The van der Waals surface area contributed by atoms with Gasteiger partial charge in [0.15, 0.2) is 0 Å². The number of nitrogens with one attached hydrogen (secondary N) is 2. The van der Waals surface area contributed by atoms with Crippen LogP contribution in [-0.2, 0) is 6.42 Å². The number of phenolic OH excluding ortho intramolecular Hbond substituents is 1. The van der Waals surface area contributed by atoms with Crippen molar-refractivity contribution >= 4 is 16.6 Å². The first-order valence-corrected chi connectivity index (χ1v) is 6.82. The number of phenols is 1. The Labute approximate surface area is 116 Å². The molecule has 2 aromatic carbocycles. The van der Waals surface area contributed by atoms with Gasteiger partial charge in [0.2, 0.25) is 0 Å². The zero-order chi connectivity index (χ0) is 13.5. The van der Waals surface area contributed by atoms with Crippen molar-refractivity contribution in [2.45, 2.75) is 18.9 Å². The highest BCUT2D eigenvalue weighted by molar-refractivity contribution is 5.90. The zero-order valence-electron chi connectivity index (χ0n) is 10.9. The monoisotopic (exact) mass is 265 g/mol. The van der Waals surface area contributed by atoms with E-state index in [0.717, 1.165) is 29.4 Å². The molecule has 1 unspecified atom stereocenters. The number of fused-ring (bicyclic) bond motifs is 2. The van der Waals surface area contributed by atoms with Gasteiger partial charge < -0.3 is 10.4 Å². The summed E-state index contributed by atoms with van der Waals surface area (Å²) in [7, 11) is 0. The van der Waals surface area contributed by atoms with Gasteiger partial charge >= 0.3 is 0 Å². The van der Waals surface area contributed by atoms with E-state index in [0.29, 0.717) is 11.8 Å². The number of aromatic nitrogens is 2. The van der Waals surface area contributed by atoms with E-state index >= 15 is 0 Å². The summed E-state index contributed by atoms with van der Waals surface area (Å²) >= 11 is 0. The maximum Gasteiger partial charge on any atom is 0.115 e. The Hall–Kier alpha value is -2.49.